The summed E-state index contributed by atoms with van der Waals surface area (Å²) in [5.41, 5.74) is 0.869. The van der Waals surface area contributed by atoms with Gasteiger partial charge in [0.2, 0.25) is 0 Å². The molecule has 1 fully saturated rings. The molecule has 0 aliphatic heterocycles. The van der Waals surface area contributed by atoms with Gasteiger partial charge in [-0.1, -0.05) is 0 Å². The molecule has 1 aromatic rings. The quantitative estimate of drug-likeness (QED) is 0.874. The van der Waals surface area contributed by atoms with E-state index in [-0.39, 0.29) is 18.0 Å². The lowest BCUT2D eigenvalue weighted by Gasteiger charge is -2.23. The Morgan fingerprint density at radius 1 is 1.47 bits per heavy atom. The summed E-state index contributed by atoms with van der Waals surface area (Å²) >= 11 is 0. The van der Waals surface area contributed by atoms with Crippen molar-refractivity contribution in [2.24, 2.45) is 0 Å². The van der Waals surface area contributed by atoms with E-state index in [2.05, 4.69) is 10.3 Å². The number of hydrogen-bond acceptors (Lipinski definition) is 3. The first-order valence-corrected chi connectivity index (χ1v) is 6.11. The summed E-state index contributed by atoms with van der Waals surface area (Å²) in [5.74, 6) is -0.295. The monoisotopic (exact) mass is 238 g/mol. The van der Waals surface area contributed by atoms with Crippen molar-refractivity contribution in [1.29, 1.82) is 0 Å². The molecule has 3 unspecified atom stereocenters. The van der Waals surface area contributed by atoms with Crippen molar-refractivity contribution < 1.29 is 9.13 Å². The number of nitrogens with one attached hydrogen (secondary N) is 1. The van der Waals surface area contributed by atoms with Gasteiger partial charge in [-0.3, -0.25) is 4.98 Å². The SMILES string of the molecule is COC1CCCC1NC(C)c1ccc(F)cn1. The van der Waals surface area contributed by atoms with Crippen LogP contribution < -0.4 is 5.32 Å². The van der Waals surface area contributed by atoms with E-state index in [9.17, 15) is 4.39 Å². The Bertz CT molecular complexity index is 355. The number of halogens is 1. The van der Waals surface area contributed by atoms with E-state index in [1.165, 1.54) is 18.7 Å². The Kier molecular flexibility index (Phi) is 4.07. The minimum Gasteiger partial charge on any atom is -0.380 e. The molecule has 0 amide bonds. The first-order valence-electron chi connectivity index (χ1n) is 6.11. The van der Waals surface area contributed by atoms with Gasteiger partial charge in [0.05, 0.1) is 18.0 Å². The topological polar surface area (TPSA) is 34.1 Å². The minimum atomic E-state index is -0.295. The summed E-state index contributed by atoms with van der Waals surface area (Å²) in [6.07, 6.45) is 4.98. The molecule has 0 aromatic carbocycles. The maximum atomic E-state index is 12.8. The molecule has 1 heterocycles. The number of rotatable bonds is 4. The largest absolute Gasteiger partial charge is 0.380 e. The highest BCUT2D eigenvalue weighted by Crippen LogP contribution is 2.24. The normalized spacial score (nSPS) is 26.1. The molecule has 0 spiro atoms. The molecule has 0 bridgehead atoms. The molecule has 17 heavy (non-hydrogen) atoms. The van der Waals surface area contributed by atoms with Gasteiger partial charge >= 0.3 is 0 Å². The Balaban J connectivity index is 1.96. The van der Waals surface area contributed by atoms with Crippen molar-refractivity contribution in [1.82, 2.24) is 10.3 Å². The molecule has 1 aromatic heterocycles. The summed E-state index contributed by atoms with van der Waals surface area (Å²) < 4.78 is 18.2. The van der Waals surface area contributed by atoms with Crippen LogP contribution in [0.2, 0.25) is 0 Å². The lowest BCUT2D eigenvalue weighted by molar-refractivity contribution is 0.0818. The van der Waals surface area contributed by atoms with Crippen LogP contribution >= 0.6 is 0 Å². The Morgan fingerprint density at radius 3 is 2.94 bits per heavy atom. The average Bonchev–Trinajstić information content (AvgIpc) is 2.77. The summed E-state index contributed by atoms with van der Waals surface area (Å²) in [4.78, 5) is 4.09. The second kappa shape index (κ2) is 5.56. The van der Waals surface area contributed by atoms with Gasteiger partial charge in [0.1, 0.15) is 5.82 Å². The summed E-state index contributed by atoms with van der Waals surface area (Å²) in [5, 5.41) is 3.51. The molecule has 3 atom stereocenters. The zero-order valence-electron chi connectivity index (χ0n) is 10.3. The number of pyridine rings is 1. The highest BCUT2D eigenvalue weighted by atomic mass is 19.1. The van der Waals surface area contributed by atoms with Gasteiger partial charge < -0.3 is 10.1 Å². The third kappa shape index (κ3) is 3.01. The number of hydrogen-bond donors (Lipinski definition) is 1. The van der Waals surface area contributed by atoms with Crippen LogP contribution in [-0.2, 0) is 4.74 Å². The van der Waals surface area contributed by atoms with Crippen LogP contribution in [0.15, 0.2) is 18.3 Å². The third-order valence-corrected chi connectivity index (χ3v) is 3.41. The predicted molar refractivity (Wildman–Crippen MR) is 64.2 cm³/mol. The van der Waals surface area contributed by atoms with Crippen molar-refractivity contribution in [3.63, 3.8) is 0 Å². The molecule has 94 valence electrons. The predicted octanol–water partition coefficient (Wildman–Crippen LogP) is 2.44. The maximum Gasteiger partial charge on any atom is 0.141 e. The van der Waals surface area contributed by atoms with Gasteiger partial charge in [-0.25, -0.2) is 4.39 Å². The molecule has 4 heteroatoms. The Hall–Kier alpha value is -1.00. The van der Waals surface area contributed by atoms with Crippen molar-refractivity contribution in [2.75, 3.05) is 7.11 Å². The first kappa shape index (κ1) is 12.5. The highest BCUT2D eigenvalue weighted by molar-refractivity contribution is 5.09. The zero-order valence-corrected chi connectivity index (χ0v) is 10.3. The molecule has 0 radical (unpaired) electrons. The van der Waals surface area contributed by atoms with Crippen molar-refractivity contribution in [3.05, 3.63) is 29.8 Å². The second-order valence-corrected chi connectivity index (χ2v) is 4.60. The van der Waals surface area contributed by atoms with E-state index in [1.54, 1.807) is 13.2 Å². The minimum absolute atomic E-state index is 0.122. The van der Waals surface area contributed by atoms with E-state index in [1.807, 2.05) is 6.92 Å². The number of nitrogens with zero attached hydrogens (tertiary/aromatic N) is 1. The molecule has 1 saturated carbocycles. The van der Waals surface area contributed by atoms with Crippen molar-refractivity contribution in [3.8, 4) is 0 Å². The summed E-state index contributed by atoms with van der Waals surface area (Å²) in [6.45, 7) is 2.05. The lowest BCUT2D eigenvalue weighted by Crippen LogP contribution is -2.38. The smallest absolute Gasteiger partial charge is 0.141 e. The molecular weight excluding hydrogens is 219 g/mol. The second-order valence-electron chi connectivity index (χ2n) is 4.60. The van der Waals surface area contributed by atoms with E-state index < -0.39 is 0 Å². The van der Waals surface area contributed by atoms with Crippen LogP contribution in [0.1, 0.15) is 37.9 Å². The fourth-order valence-electron chi connectivity index (χ4n) is 2.45. The molecule has 3 nitrogen and oxygen atoms in total. The molecule has 2 rings (SSSR count). The number of ether oxygens (including phenoxy) is 1. The van der Waals surface area contributed by atoms with Crippen LogP contribution in [-0.4, -0.2) is 24.2 Å². The van der Waals surface area contributed by atoms with Gasteiger partial charge in [-0.05, 0) is 38.3 Å². The maximum absolute atomic E-state index is 12.8. The fourth-order valence-corrected chi connectivity index (χ4v) is 2.45. The summed E-state index contributed by atoms with van der Waals surface area (Å²) in [6, 6.07) is 3.67. The number of aromatic nitrogens is 1. The Labute approximate surface area is 101 Å². The van der Waals surface area contributed by atoms with E-state index in [4.69, 9.17) is 4.74 Å². The van der Waals surface area contributed by atoms with Crippen LogP contribution in [0.3, 0.4) is 0 Å². The fraction of sp³-hybridized carbons (Fsp3) is 0.615. The molecule has 1 aliphatic carbocycles. The van der Waals surface area contributed by atoms with Crippen LogP contribution in [0, 0.1) is 5.82 Å². The molecule has 0 saturated heterocycles. The van der Waals surface area contributed by atoms with E-state index in [0.717, 1.165) is 18.5 Å². The molecule has 1 aliphatic rings. The number of methoxy groups -OCH3 is 1. The van der Waals surface area contributed by atoms with Crippen LogP contribution in [0.5, 0.6) is 0 Å². The van der Waals surface area contributed by atoms with Gasteiger partial charge in [0.15, 0.2) is 0 Å². The lowest BCUT2D eigenvalue weighted by atomic mass is 10.1. The van der Waals surface area contributed by atoms with Gasteiger partial charge in [0, 0.05) is 19.2 Å². The van der Waals surface area contributed by atoms with E-state index >= 15 is 0 Å². The Morgan fingerprint density at radius 2 is 2.29 bits per heavy atom. The van der Waals surface area contributed by atoms with Crippen LogP contribution in [0.25, 0.3) is 0 Å². The van der Waals surface area contributed by atoms with Crippen molar-refractivity contribution >= 4 is 0 Å². The summed E-state index contributed by atoms with van der Waals surface area (Å²) in [7, 11) is 1.76. The van der Waals surface area contributed by atoms with Gasteiger partial charge in [-0.2, -0.15) is 0 Å². The van der Waals surface area contributed by atoms with E-state index in [0.29, 0.717) is 6.04 Å². The zero-order chi connectivity index (χ0) is 12.3. The van der Waals surface area contributed by atoms with Gasteiger partial charge in [-0.15, -0.1) is 0 Å². The van der Waals surface area contributed by atoms with Crippen molar-refractivity contribution in [2.45, 2.75) is 44.4 Å². The first-order chi connectivity index (χ1) is 8.20. The standard InChI is InChI=1S/C13H19FN2O/c1-9(11-7-6-10(14)8-15-11)16-12-4-3-5-13(12)17-2/h6-9,12-13,16H,3-5H2,1-2H3. The third-order valence-electron chi connectivity index (χ3n) is 3.41. The molecule has 1 N–H and O–H groups in total. The van der Waals surface area contributed by atoms with Crippen LogP contribution in [0.4, 0.5) is 4.39 Å². The average molecular weight is 238 g/mol. The van der Waals surface area contributed by atoms with Gasteiger partial charge in [0.25, 0.3) is 0 Å². The molecular formula is C13H19FN2O. The highest BCUT2D eigenvalue weighted by Gasteiger charge is 2.28.